The summed E-state index contributed by atoms with van der Waals surface area (Å²) >= 11 is 6.28. The van der Waals surface area contributed by atoms with Gasteiger partial charge in [0.15, 0.2) is 0 Å². The van der Waals surface area contributed by atoms with Crippen molar-refractivity contribution in [2.75, 3.05) is 25.5 Å². The molecular weight excluding hydrogens is 328 g/mol. The third kappa shape index (κ3) is 4.27. The second-order valence-corrected chi connectivity index (χ2v) is 5.89. The molecule has 0 spiro atoms. The quantitative estimate of drug-likeness (QED) is 0.834. The van der Waals surface area contributed by atoms with Gasteiger partial charge < -0.3 is 10.1 Å². The normalized spacial score (nSPS) is 10.9. The molecule has 7 heteroatoms. The van der Waals surface area contributed by atoms with E-state index >= 15 is 0 Å². The summed E-state index contributed by atoms with van der Waals surface area (Å²) in [4.78, 5) is 14.4. The van der Waals surface area contributed by atoms with Gasteiger partial charge >= 0.3 is 0 Å². The number of hydrogen-bond donors (Lipinski definition) is 1. The van der Waals surface area contributed by atoms with Crippen molar-refractivity contribution in [2.24, 2.45) is 7.05 Å². The van der Waals surface area contributed by atoms with Crippen LogP contribution in [0.25, 0.3) is 0 Å². The number of benzene rings is 1. The number of nitrogens with one attached hydrogen (secondary N) is 1. The number of nitrogens with zero attached hydrogens (tertiary/aromatic N) is 3. The highest BCUT2D eigenvalue weighted by Crippen LogP contribution is 2.23. The summed E-state index contributed by atoms with van der Waals surface area (Å²) in [7, 11) is 3.39. The number of likely N-dealkylation sites (N-methyl/N-ethyl adjacent to an activating group) is 1. The number of para-hydroxylation sites is 2. The molecule has 1 N–H and O–H groups in total. The highest BCUT2D eigenvalue weighted by atomic mass is 35.5. The van der Waals surface area contributed by atoms with Crippen LogP contribution in [0.5, 0.6) is 5.75 Å². The first-order valence-electron chi connectivity index (χ1n) is 7.79. The lowest BCUT2D eigenvalue weighted by atomic mass is 10.2. The molecular formula is C17H23ClN4O2. The van der Waals surface area contributed by atoms with Crippen LogP contribution >= 0.6 is 11.6 Å². The van der Waals surface area contributed by atoms with E-state index in [4.69, 9.17) is 16.3 Å². The summed E-state index contributed by atoms with van der Waals surface area (Å²) in [6.45, 7) is 5.50. The smallest absolute Gasteiger partial charge is 0.238 e. The summed E-state index contributed by atoms with van der Waals surface area (Å²) in [6.07, 6.45) is 0. The molecule has 6 nitrogen and oxygen atoms in total. The Labute approximate surface area is 147 Å². The second kappa shape index (κ2) is 8.17. The third-order valence-corrected chi connectivity index (χ3v) is 4.32. The zero-order valence-electron chi connectivity index (χ0n) is 14.5. The molecule has 0 bridgehead atoms. The lowest BCUT2D eigenvalue weighted by Gasteiger charge is -2.20. The Kier molecular flexibility index (Phi) is 6.23. The second-order valence-electron chi connectivity index (χ2n) is 5.53. The predicted octanol–water partition coefficient (Wildman–Crippen LogP) is 2.85. The van der Waals surface area contributed by atoms with E-state index in [1.54, 1.807) is 11.8 Å². The number of halogens is 1. The number of aromatic nitrogens is 2. The Hall–Kier alpha value is -2.05. The molecule has 1 heterocycles. The van der Waals surface area contributed by atoms with Crippen LogP contribution in [0, 0.1) is 6.92 Å². The molecule has 2 rings (SSSR count). The van der Waals surface area contributed by atoms with Crippen LogP contribution in [0.1, 0.15) is 18.2 Å². The number of ether oxygens (including phenoxy) is 1. The average molecular weight is 351 g/mol. The topological polar surface area (TPSA) is 59.4 Å². The summed E-state index contributed by atoms with van der Waals surface area (Å²) in [5, 5.41) is 7.80. The molecule has 24 heavy (non-hydrogen) atoms. The van der Waals surface area contributed by atoms with Gasteiger partial charge in [0.05, 0.1) is 25.0 Å². The molecule has 1 aromatic heterocycles. The zero-order valence-corrected chi connectivity index (χ0v) is 15.2. The first kappa shape index (κ1) is 18.3. The molecule has 0 radical (unpaired) electrons. The van der Waals surface area contributed by atoms with Gasteiger partial charge in [-0.3, -0.25) is 14.4 Å². The van der Waals surface area contributed by atoms with Gasteiger partial charge in [-0.25, -0.2) is 0 Å². The van der Waals surface area contributed by atoms with Crippen LogP contribution in [0.2, 0.25) is 5.15 Å². The Bertz CT molecular complexity index is 715. The lowest BCUT2D eigenvalue weighted by Crippen LogP contribution is -2.33. The molecule has 0 unspecified atom stereocenters. The number of anilines is 1. The molecule has 0 saturated carbocycles. The van der Waals surface area contributed by atoms with Crippen LogP contribution in [-0.2, 0) is 18.4 Å². The maximum atomic E-state index is 12.4. The van der Waals surface area contributed by atoms with Crippen LogP contribution < -0.4 is 10.1 Å². The molecule has 2 aromatic rings. The van der Waals surface area contributed by atoms with E-state index in [0.29, 0.717) is 23.1 Å². The maximum Gasteiger partial charge on any atom is 0.238 e. The number of carbonyl (C=O) groups excluding carboxylic acids is 1. The molecule has 1 amide bonds. The predicted molar refractivity (Wildman–Crippen MR) is 95.5 cm³/mol. The number of methoxy groups -OCH3 is 1. The first-order chi connectivity index (χ1) is 11.5. The minimum absolute atomic E-state index is 0.0981. The number of carbonyl (C=O) groups is 1. The van der Waals surface area contributed by atoms with Crippen molar-refractivity contribution in [1.82, 2.24) is 14.7 Å². The average Bonchev–Trinajstić information content (AvgIpc) is 2.80. The van der Waals surface area contributed by atoms with Crippen LogP contribution in [0.15, 0.2) is 24.3 Å². The van der Waals surface area contributed by atoms with Crippen molar-refractivity contribution >= 4 is 23.2 Å². The standard InChI is InChI=1S/C17H23ClN4O2/c1-5-22(10-13-12(2)20-21(3)17(13)18)11-16(23)19-14-8-6-7-9-15(14)24-4/h6-9H,5,10-11H2,1-4H3,(H,19,23). The number of aryl methyl sites for hydroxylation is 2. The Balaban J connectivity index is 2.03. The molecule has 0 aliphatic rings. The minimum Gasteiger partial charge on any atom is -0.495 e. The van der Waals surface area contributed by atoms with Crippen LogP contribution in [0.3, 0.4) is 0 Å². The fraction of sp³-hybridized carbons (Fsp3) is 0.412. The van der Waals surface area contributed by atoms with E-state index in [1.165, 1.54) is 0 Å². The molecule has 0 aliphatic heterocycles. The molecule has 1 aromatic carbocycles. The Morgan fingerprint density at radius 3 is 2.71 bits per heavy atom. The van der Waals surface area contributed by atoms with E-state index in [1.807, 2.05) is 50.1 Å². The number of hydrogen-bond acceptors (Lipinski definition) is 4. The summed E-state index contributed by atoms with van der Waals surface area (Å²) in [5.41, 5.74) is 2.49. The van der Waals surface area contributed by atoms with Gasteiger partial charge in [-0.1, -0.05) is 30.7 Å². The molecule has 0 atom stereocenters. The fourth-order valence-electron chi connectivity index (χ4n) is 2.50. The van der Waals surface area contributed by atoms with Crippen molar-refractivity contribution in [2.45, 2.75) is 20.4 Å². The number of amides is 1. The maximum absolute atomic E-state index is 12.4. The SMILES string of the molecule is CCN(CC(=O)Nc1ccccc1OC)Cc1c(C)nn(C)c1Cl. The van der Waals surface area contributed by atoms with E-state index in [2.05, 4.69) is 10.4 Å². The summed E-state index contributed by atoms with van der Waals surface area (Å²) in [5.74, 6) is 0.541. The highest BCUT2D eigenvalue weighted by molar-refractivity contribution is 6.30. The molecule has 0 aliphatic carbocycles. The first-order valence-corrected chi connectivity index (χ1v) is 8.17. The van der Waals surface area contributed by atoms with Crippen molar-refractivity contribution in [3.05, 3.63) is 40.7 Å². The Morgan fingerprint density at radius 2 is 2.12 bits per heavy atom. The van der Waals surface area contributed by atoms with Crippen molar-refractivity contribution in [1.29, 1.82) is 0 Å². The van der Waals surface area contributed by atoms with Gasteiger partial charge in [-0.05, 0) is 25.6 Å². The van der Waals surface area contributed by atoms with Gasteiger partial charge in [0.1, 0.15) is 10.9 Å². The molecule has 0 fully saturated rings. The van der Waals surface area contributed by atoms with Gasteiger partial charge in [0.2, 0.25) is 5.91 Å². The highest BCUT2D eigenvalue weighted by Gasteiger charge is 2.17. The summed E-state index contributed by atoms with van der Waals surface area (Å²) in [6, 6.07) is 7.34. The third-order valence-electron chi connectivity index (χ3n) is 3.85. The lowest BCUT2D eigenvalue weighted by molar-refractivity contribution is -0.117. The van der Waals surface area contributed by atoms with E-state index in [-0.39, 0.29) is 12.5 Å². The van der Waals surface area contributed by atoms with Crippen molar-refractivity contribution in [3.63, 3.8) is 0 Å². The largest absolute Gasteiger partial charge is 0.495 e. The Morgan fingerprint density at radius 1 is 1.42 bits per heavy atom. The van der Waals surface area contributed by atoms with Gasteiger partial charge in [-0.15, -0.1) is 0 Å². The van der Waals surface area contributed by atoms with Gasteiger partial charge in [0.25, 0.3) is 0 Å². The zero-order chi connectivity index (χ0) is 17.7. The van der Waals surface area contributed by atoms with Gasteiger partial charge in [0, 0.05) is 19.2 Å². The van der Waals surface area contributed by atoms with Crippen molar-refractivity contribution in [3.8, 4) is 5.75 Å². The monoisotopic (exact) mass is 350 g/mol. The number of rotatable bonds is 7. The van der Waals surface area contributed by atoms with Crippen LogP contribution in [0.4, 0.5) is 5.69 Å². The van der Waals surface area contributed by atoms with E-state index in [9.17, 15) is 4.79 Å². The fourth-order valence-corrected chi connectivity index (χ4v) is 2.73. The summed E-state index contributed by atoms with van der Waals surface area (Å²) < 4.78 is 6.90. The molecule has 0 saturated heterocycles. The van der Waals surface area contributed by atoms with E-state index in [0.717, 1.165) is 17.8 Å². The van der Waals surface area contributed by atoms with Gasteiger partial charge in [-0.2, -0.15) is 5.10 Å². The minimum atomic E-state index is -0.0981. The van der Waals surface area contributed by atoms with E-state index < -0.39 is 0 Å². The molecule has 130 valence electrons. The van der Waals surface area contributed by atoms with Crippen molar-refractivity contribution < 1.29 is 9.53 Å². The van der Waals surface area contributed by atoms with Crippen LogP contribution in [-0.4, -0.2) is 40.8 Å².